The third-order valence-electron chi connectivity index (χ3n) is 1.71. The highest BCUT2D eigenvalue weighted by molar-refractivity contribution is 14.1. The molecular formula is C10H14ClIN2. The average Bonchev–Trinajstić information content (AvgIpc) is 1.96. The summed E-state index contributed by atoms with van der Waals surface area (Å²) in [4.78, 5) is 8.68. The molecule has 0 radical (unpaired) electrons. The summed E-state index contributed by atoms with van der Waals surface area (Å²) < 4.78 is 0.946. The van der Waals surface area contributed by atoms with Gasteiger partial charge in [0, 0.05) is 6.42 Å². The monoisotopic (exact) mass is 324 g/mol. The fraction of sp³-hybridized carbons (Fsp3) is 0.600. The SMILES string of the molecule is Cc1nc(CC(C)(C)C)nc(Cl)c1I. The molecule has 1 aromatic rings. The van der Waals surface area contributed by atoms with Crippen molar-refractivity contribution in [3.8, 4) is 0 Å². The Morgan fingerprint density at radius 3 is 2.29 bits per heavy atom. The fourth-order valence-electron chi connectivity index (χ4n) is 1.13. The highest BCUT2D eigenvalue weighted by Crippen LogP contribution is 2.22. The number of hydrogen-bond acceptors (Lipinski definition) is 2. The first-order valence-corrected chi connectivity index (χ1v) is 5.94. The second kappa shape index (κ2) is 4.31. The molecule has 1 aromatic heterocycles. The van der Waals surface area contributed by atoms with Crippen molar-refractivity contribution < 1.29 is 0 Å². The minimum atomic E-state index is 0.197. The molecule has 1 heterocycles. The first-order chi connectivity index (χ1) is 6.29. The predicted molar refractivity (Wildman–Crippen MR) is 67.7 cm³/mol. The first-order valence-electron chi connectivity index (χ1n) is 4.48. The summed E-state index contributed by atoms with van der Waals surface area (Å²) in [5, 5.41) is 0.567. The van der Waals surface area contributed by atoms with Gasteiger partial charge < -0.3 is 0 Å². The molecule has 0 saturated heterocycles. The van der Waals surface area contributed by atoms with Crippen LogP contribution in [0.1, 0.15) is 32.3 Å². The van der Waals surface area contributed by atoms with Crippen molar-refractivity contribution in [2.24, 2.45) is 5.41 Å². The fourth-order valence-corrected chi connectivity index (χ4v) is 1.61. The number of rotatable bonds is 1. The maximum Gasteiger partial charge on any atom is 0.146 e. The van der Waals surface area contributed by atoms with Crippen molar-refractivity contribution in [2.75, 3.05) is 0 Å². The number of nitrogens with zero attached hydrogens (tertiary/aromatic N) is 2. The van der Waals surface area contributed by atoms with Gasteiger partial charge in [0.1, 0.15) is 11.0 Å². The lowest BCUT2D eigenvalue weighted by Crippen LogP contribution is -2.13. The van der Waals surface area contributed by atoms with Gasteiger partial charge in [0.2, 0.25) is 0 Å². The van der Waals surface area contributed by atoms with E-state index < -0.39 is 0 Å². The van der Waals surface area contributed by atoms with Crippen LogP contribution < -0.4 is 0 Å². The number of aromatic nitrogens is 2. The summed E-state index contributed by atoms with van der Waals surface area (Å²) in [5.41, 5.74) is 1.16. The molecule has 4 heteroatoms. The topological polar surface area (TPSA) is 25.8 Å². The second-order valence-corrected chi connectivity index (χ2v) is 6.00. The van der Waals surface area contributed by atoms with Crippen LogP contribution in [0.25, 0.3) is 0 Å². The lowest BCUT2D eigenvalue weighted by molar-refractivity contribution is 0.400. The van der Waals surface area contributed by atoms with Crippen molar-refractivity contribution in [3.05, 3.63) is 20.2 Å². The zero-order valence-electron chi connectivity index (χ0n) is 8.86. The van der Waals surface area contributed by atoms with Crippen LogP contribution in [0.4, 0.5) is 0 Å². The normalized spacial score (nSPS) is 11.9. The maximum absolute atomic E-state index is 5.99. The quantitative estimate of drug-likeness (QED) is 0.582. The van der Waals surface area contributed by atoms with Crippen LogP contribution in [-0.4, -0.2) is 9.97 Å². The van der Waals surface area contributed by atoms with E-state index in [1.807, 2.05) is 6.92 Å². The zero-order chi connectivity index (χ0) is 10.9. The number of hydrogen-bond donors (Lipinski definition) is 0. The second-order valence-electron chi connectivity index (χ2n) is 4.57. The van der Waals surface area contributed by atoms with Crippen molar-refractivity contribution in [3.63, 3.8) is 0 Å². The molecule has 0 aliphatic carbocycles. The largest absolute Gasteiger partial charge is 0.237 e. The molecule has 0 atom stereocenters. The Morgan fingerprint density at radius 1 is 1.29 bits per heavy atom. The zero-order valence-corrected chi connectivity index (χ0v) is 11.8. The minimum Gasteiger partial charge on any atom is -0.237 e. The minimum absolute atomic E-state index is 0.197. The van der Waals surface area contributed by atoms with Crippen LogP contribution in [-0.2, 0) is 6.42 Å². The van der Waals surface area contributed by atoms with Gasteiger partial charge >= 0.3 is 0 Å². The smallest absolute Gasteiger partial charge is 0.146 e. The van der Waals surface area contributed by atoms with Gasteiger partial charge in [-0.05, 0) is 34.9 Å². The Balaban J connectivity index is 3.02. The molecule has 0 aliphatic heterocycles. The molecular weight excluding hydrogens is 310 g/mol. The van der Waals surface area contributed by atoms with E-state index in [-0.39, 0.29) is 5.41 Å². The average molecular weight is 325 g/mol. The van der Waals surface area contributed by atoms with Crippen molar-refractivity contribution in [1.29, 1.82) is 0 Å². The summed E-state index contributed by atoms with van der Waals surface area (Å²) in [5.74, 6) is 0.834. The summed E-state index contributed by atoms with van der Waals surface area (Å²) in [6.07, 6.45) is 0.852. The van der Waals surface area contributed by atoms with Gasteiger partial charge in [0.25, 0.3) is 0 Å². The van der Waals surface area contributed by atoms with Crippen LogP contribution in [0.5, 0.6) is 0 Å². The molecule has 1 rings (SSSR count). The van der Waals surface area contributed by atoms with Gasteiger partial charge in [-0.25, -0.2) is 9.97 Å². The van der Waals surface area contributed by atoms with Gasteiger partial charge in [0.15, 0.2) is 0 Å². The molecule has 2 nitrogen and oxygen atoms in total. The van der Waals surface area contributed by atoms with E-state index in [0.717, 1.165) is 21.5 Å². The van der Waals surface area contributed by atoms with Crippen LogP contribution in [0, 0.1) is 15.9 Å². The Labute approximate surface area is 104 Å². The predicted octanol–water partition coefficient (Wildman–Crippen LogP) is 3.63. The van der Waals surface area contributed by atoms with Gasteiger partial charge in [-0.2, -0.15) is 0 Å². The molecule has 14 heavy (non-hydrogen) atoms. The van der Waals surface area contributed by atoms with E-state index in [4.69, 9.17) is 11.6 Å². The van der Waals surface area contributed by atoms with Crippen LogP contribution in [0.3, 0.4) is 0 Å². The van der Waals surface area contributed by atoms with E-state index in [2.05, 4.69) is 53.3 Å². The van der Waals surface area contributed by atoms with E-state index in [1.54, 1.807) is 0 Å². The molecule has 0 saturated carbocycles. The van der Waals surface area contributed by atoms with E-state index in [0.29, 0.717) is 5.15 Å². The van der Waals surface area contributed by atoms with Gasteiger partial charge in [-0.3, -0.25) is 0 Å². The van der Waals surface area contributed by atoms with Crippen molar-refractivity contribution >= 4 is 34.2 Å². The van der Waals surface area contributed by atoms with Gasteiger partial charge in [0.05, 0.1) is 9.26 Å². The highest BCUT2D eigenvalue weighted by atomic mass is 127. The standard InChI is InChI=1S/C10H14ClIN2/c1-6-8(12)9(11)14-7(13-6)5-10(2,3)4/h5H2,1-4H3. The molecule has 0 amide bonds. The van der Waals surface area contributed by atoms with Gasteiger partial charge in [-0.1, -0.05) is 32.4 Å². The molecule has 0 N–H and O–H groups in total. The molecule has 0 aromatic carbocycles. The molecule has 0 unspecified atom stereocenters. The molecule has 0 bridgehead atoms. The summed E-state index contributed by atoms with van der Waals surface area (Å²) in [6, 6.07) is 0. The lowest BCUT2D eigenvalue weighted by Gasteiger charge is -2.17. The lowest BCUT2D eigenvalue weighted by atomic mass is 9.92. The molecule has 78 valence electrons. The summed E-state index contributed by atoms with van der Waals surface area (Å²) in [7, 11) is 0. The van der Waals surface area contributed by atoms with E-state index in [9.17, 15) is 0 Å². The summed E-state index contributed by atoms with van der Waals surface area (Å²) >= 11 is 8.16. The number of aryl methyl sites for hydroxylation is 1. The Kier molecular flexibility index (Phi) is 3.75. The van der Waals surface area contributed by atoms with Crippen molar-refractivity contribution in [1.82, 2.24) is 9.97 Å². The molecule has 0 spiro atoms. The van der Waals surface area contributed by atoms with E-state index >= 15 is 0 Å². The van der Waals surface area contributed by atoms with Crippen LogP contribution in [0.2, 0.25) is 5.15 Å². The molecule has 0 aliphatic rings. The van der Waals surface area contributed by atoms with Crippen molar-refractivity contribution in [2.45, 2.75) is 34.1 Å². The van der Waals surface area contributed by atoms with Crippen LogP contribution in [0.15, 0.2) is 0 Å². The third-order valence-corrected chi connectivity index (χ3v) is 3.60. The molecule has 0 fully saturated rings. The number of halogens is 2. The van der Waals surface area contributed by atoms with Gasteiger partial charge in [-0.15, -0.1) is 0 Å². The summed E-state index contributed by atoms with van der Waals surface area (Å²) in [6.45, 7) is 8.45. The maximum atomic E-state index is 5.99. The van der Waals surface area contributed by atoms with E-state index in [1.165, 1.54) is 0 Å². The highest BCUT2D eigenvalue weighted by Gasteiger charge is 2.15. The Hall–Kier alpha value is 0.100. The third kappa shape index (κ3) is 3.35. The van der Waals surface area contributed by atoms with Crippen LogP contribution >= 0.6 is 34.2 Å². The first kappa shape index (κ1) is 12.2. The Morgan fingerprint density at radius 2 is 1.86 bits per heavy atom. The Bertz CT molecular complexity index is 321.